The lowest BCUT2D eigenvalue weighted by molar-refractivity contribution is -0.384. The standard InChI is InChI=1S/C14H12N2O5S/c1-22(20,21)13-4-2-3-11(9-13)15-14(17)10-5-7-12(8-6-10)16(18)19/h2-9H,1H3,(H,15,17). The normalized spacial score (nSPS) is 11.0. The second kappa shape index (κ2) is 5.94. The Balaban J connectivity index is 2.20. The van der Waals surface area contributed by atoms with E-state index in [1.165, 1.54) is 42.5 Å². The molecule has 0 aromatic heterocycles. The molecule has 0 aliphatic carbocycles. The van der Waals surface area contributed by atoms with E-state index in [9.17, 15) is 23.3 Å². The average molecular weight is 320 g/mol. The van der Waals surface area contributed by atoms with Gasteiger partial charge in [-0.15, -0.1) is 0 Å². The summed E-state index contributed by atoms with van der Waals surface area (Å²) in [6.07, 6.45) is 1.07. The van der Waals surface area contributed by atoms with E-state index in [0.717, 1.165) is 6.26 Å². The van der Waals surface area contributed by atoms with Crippen LogP contribution in [0.5, 0.6) is 0 Å². The van der Waals surface area contributed by atoms with Crippen molar-refractivity contribution in [3.63, 3.8) is 0 Å². The first-order chi connectivity index (χ1) is 10.3. The molecule has 22 heavy (non-hydrogen) atoms. The average Bonchev–Trinajstić information content (AvgIpc) is 2.46. The summed E-state index contributed by atoms with van der Waals surface area (Å²) in [5, 5.41) is 13.1. The smallest absolute Gasteiger partial charge is 0.269 e. The Kier molecular flexibility index (Phi) is 4.22. The van der Waals surface area contributed by atoms with Crippen molar-refractivity contribution >= 4 is 27.1 Å². The number of nitrogens with zero attached hydrogens (tertiary/aromatic N) is 1. The zero-order valence-electron chi connectivity index (χ0n) is 11.5. The summed E-state index contributed by atoms with van der Waals surface area (Å²) in [5.74, 6) is -0.486. The molecule has 2 rings (SSSR count). The summed E-state index contributed by atoms with van der Waals surface area (Å²) in [6.45, 7) is 0. The van der Waals surface area contributed by atoms with Crippen LogP contribution in [0.15, 0.2) is 53.4 Å². The molecule has 0 radical (unpaired) electrons. The molecule has 0 aliphatic rings. The number of rotatable bonds is 4. The first-order valence-corrected chi connectivity index (χ1v) is 8.02. The molecule has 0 bridgehead atoms. The molecule has 7 nitrogen and oxygen atoms in total. The summed E-state index contributed by atoms with van der Waals surface area (Å²) in [6, 6.07) is 10.9. The molecule has 0 heterocycles. The molecule has 8 heteroatoms. The number of carbonyl (C=O) groups is 1. The van der Waals surface area contributed by atoms with Crippen molar-refractivity contribution in [3.05, 3.63) is 64.2 Å². The fourth-order valence-corrected chi connectivity index (χ4v) is 2.41. The molecule has 0 aliphatic heterocycles. The molecule has 0 saturated carbocycles. The van der Waals surface area contributed by atoms with Crippen LogP contribution >= 0.6 is 0 Å². The maximum atomic E-state index is 12.0. The number of non-ortho nitro benzene ring substituents is 1. The van der Waals surface area contributed by atoms with E-state index in [0.29, 0.717) is 5.69 Å². The molecule has 0 fully saturated rings. The quantitative estimate of drug-likeness (QED) is 0.687. The zero-order valence-corrected chi connectivity index (χ0v) is 12.3. The predicted molar refractivity (Wildman–Crippen MR) is 80.6 cm³/mol. The molecule has 0 spiro atoms. The highest BCUT2D eigenvalue weighted by Gasteiger charge is 2.11. The van der Waals surface area contributed by atoms with Crippen LogP contribution in [0.2, 0.25) is 0 Å². The number of amides is 1. The summed E-state index contributed by atoms with van der Waals surface area (Å²) >= 11 is 0. The number of nitrogens with one attached hydrogen (secondary N) is 1. The third kappa shape index (κ3) is 3.67. The lowest BCUT2D eigenvalue weighted by atomic mass is 10.2. The molecule has 0 saturated heterocycles. The van der Waals surface area contributed by atoms with Crippen molar-refractivity contribution in [2.45, 2.75) is 4.90 Å². The van der Waals surface area contributed by atoms with Crippen LogP contribution in [0.3, 0.4) is 0 Å². The number of benzene rings is 2. The topological polar surface area (TPSA) is 106 Å². The van der Waals surface area contributed by atoms with Gasteiger partial charge in [0, 0.05) is 29.6 Å². The Morgan fingerprint density at radius 3 is 2.32 bits per heavy atom. The molecule has 114 valence electrons. The first-order valence-electron chi connectivity index (χ1n) is 6.13. The molecular formula is C14H12N2O5S. The van der Waals surface area contributed by atoms with Crippen LogP contribution in [-0.4, -0.2) is 25.5 Å². The van der Waals surface area contributed by atoms with Crippen molar-refractivity contribution in [2.75, 3.05) is 11.6 Å². The van der Waals surface area contributed by atoms with Gasteiger partial charge in [-0.25, -0.2) is 8.42 Å². The Bertz CT molecular complexity index is 829. The summed E-state index contributed by atoms with van der Waals surface area (Å²) in [5.41, 5.74) is 0.442. The molecule has 2 aromatic carbocycles. The largest absolute Gasteiger partial charge is 0.322 e. The van der Waals surface area contributed by atoms with Gasteiger partial charge in [-0.3, -0.25) is 14.9 Å². The summed E-state index contributed by atoms with van der Waals surface area (Å²) in [4.78, 5) is 22.1. The van der Waals surface area contributed by atoms with Gasteiger partial charge in [0.2, 0.25) is 0 Å². The second-order valence-electron chi connectivity index (χ2n) is 4.56. The Hall–Kier alpha value is -2.74. The van der Waals surface area contributed by atoms with Crippen LogP contribution in [0, 0.1) is 10.1 Å². The summed E-state index contributed by atoms with van der Waals surface area (Å²) < 4.78 is 22.9. The lowest BCUT2D eigenvalue weighted by Crippen LogP contribution is -2.12. The number of sulfone groups is 1. The highest BCUT2D eigenvalue weighted by atomic mass is 32.2. The van der Waals surface area contributed by atoms with Crippen molar-refractivity contribution in [2.24, 2.45) is 0 Å². The SMILES string of the molecule is CS(=O)(=O)c1cccc(NC(=O)c2ccc([N+](=O)[O-])cc2)c1. The van der Waals surface area contributed by atoms with Crippen LogP contribution in [0.25, 0.3) is 0 Å². The maximum Gasteiger partial charge on any atom is 0.269 e. The Morgan fingerprint density at radius 2 is 1.77 bits per heavy atom. The number of carbonyl (C=O) groups excluding carboxylic acids is 1. The summed E-state index contributed by atoms with van der Waals surface area (Å²) in [7, 11) is -3.37. The number of nitro benzene ring substituents is 1. The van der Waals surface area contributed by atoms with Gasteiger partial charge in [-0.05, 0) is 30.3 Å². The third-order valence-electron chi connectivity index (χ3n) is 2.86. The van der Waals surface area contributed by atoms with E-state index >= 15 is 0 Å². The van der Waals surface area contributed by atoms with Gasteiger partial charge in [0.05, 0.1) is 9.82 Å². The number of hydrogen-bond acceptors (Lipinski definition) is 5. The van der Waals surface area contributed by atoms with E-state index in [1.807, 2.05) is 0 Å². The van der Waals surface area contributed by atoms with Crippen molar-refractivity contribution in [1.29, 1.82) is 0 Å². The van der Waals surface area contributed by atoms with Crippen LogP contribution in [0.1, 0.15) is 10.4 Å². The second-order valence-corrected chi connectivity index (χ2v) is 6.57. The highest BCUT2D eigenvalue weighted by Crippen LogP contribution is 2.17. The molecule has 0 unspecified atom stereocenters. The van der Waals surface area contributed by atoms with Gasteiger partial charge in [0.15, 0.2) is 9.84 Å². The van der Waals surface area contributed by atoms with E-state index in [-0.39, 0.29) is 16.1 Å². The van der Waals surface area contributed by atoms with Crippen LogP contribution in [-0.2, 0) is 9.84 Å². The number of nitro groups is 1. The van der Waals surface area contributed by atoms with Gasteiger partial charge < -0.3 is 5.32 Å². The van der Waals surface area contributed by atoms with E-state index < -0.39 is 20.7 Å². The molecule has 1 N–H and O–H groups in total. The number of hydrogen-bond donors (Lipinski definition) is 1. The van der Waals surface area contributed by atoms with Crippen LogP contribution in [0.4, 0.5) is 11.4 Å². The van der Waals surface area contributed by atoms with E-state index in [1.54, 1.807) is 6.07 Å². The van der Waals surface area contributed by atoms with Gasteiger partial charge in [0.1, 0.15) is 0 Å². The Labute approximate surface area is 126 Å². The maximum absolute atomic E-state index is 12.0. The van der Waals surface area contributed by atoms with E-state index in [2.05, 4.69) is 5.32 Å². The minimum absolute atomic E-state index is 0.0917. The predicted octanol–water partition coefficient (Wildman–Crippen LogP) is 2.25. The van der Waals surface area contributed by atoms with Crippen molar-refractivity contribution in [3.8, 4) is 0 Å². The van der Waals surface area contributed by atoms with E-state index in [4.69, 9.17) is 0 Å². The van der Waals surface area contributed by atoms with Gasteiger partial charge in [0.25, 0.3) is 11.6 Å². The highest BCUT2D eigenvalue weighted by molar-refractivity contribution is 7.90. The molecule has 0 atom stereocenters. The Morgan fingerprint density at radius 1 is 1.14 bits per heavy atom. The van der Waals surface area contributed by atoms with Gasteiger partial charge in [-0.1, -0.05) is 6.07 Å². The minimum atomic E-state index is -3.37. The van der Waals surface area contributed by atoms with Gasteiger partial charge >= 0.3 is 0 Å². The molecular weight excluding hydrogens is 308 g/mol. The molecule has 1 amide bonds. The zero-order chi connectivity index (χ0) is 16.3. The first kappa shape index (κ1) is 15.6. The fraction of sp³-hybridized carbons (Fsp3) is 0.0714. The third-order valence-corrected chi connectivity index (χ3v) is 3.97. The molecule has 2 aromatic rings. The van der Waals surface area contributed by atoms with Gasteiger partial charge in [-0.2, -0.15) is 0 Å². The fourth-order valence-electron chi connectivity index (χ4n) is 1.74. The van der Waals surface area contributed by atoms with Crippen molar-refractivity contribution in [1.82, 2.24) is 0 Å². The van der Waals surface area contributed by atoms with Crippen molar-refractivity contribution < 1.29 is 18.1 Å². The lowest BCUT2D eigenvalue weighted by Gasteiger charge is -2.06. The monoisotopic (exact) mass is 320 g/mol. The van der Waals surface area contributed by atoms with Crippen LogP contribution < -0.4 is 5.32 Å². The number of anilines is 1. The minimum Gasteiger partial charge on any atom is -0.322 e.